The second kappa shape index (κ2) is 10.9. The molecule has 1 aliphatic carbocycles. The Balaban J connectivity index is 1.44. The molecule has 0 unspecified atom stereocenters. The number of unbranched alkanes of at least 4 members (excludes halogenated alkanes) is 4. The van der Waals surface area contributed by atoms with E-state index in [9.17, 15) is 4.39 Å². The number of hydrogen-bond acceptors (Lipinski definition) is 1. The molecule has 3 aromatic carbocycles. The molecule has 3 aromatic rings. The summed E-state index contributed by atoms with van der Waals surface area (Å²) in [6.07, 6.45) is 13.2. The van der Waals surface area contributed by atoms with E-state index in [2.05, 4.69) is 19.1 Å². The van der Waals surface area contributed by atoms with Crippen LogP contribution >= 0.6 is 0 Å². The number of nitrogens with zero attached hydrogens (tertiary/aromatic N) is 1. The van der Waals surface area contributed by atoms with Gasteiger partial charge in [0.2, 0.25) is 0 Å². The zero-order valence-corrected chi connectivity index (χ0v) is 19.5. The highest BCUT2D eigenvalue weighted by molar-refractivity contribution is 5.89. The Morgan fingerprint density at radius 2 is 1.67 bits per heavy atom. The number of nitriles is 1. The third kappa shape index (κ3) is 5.44. The normalized spacial score (nSPS) is 18.4. The lowest BCUT2D eigenvalue weighted by Crippen LogP contribution is -2.13. The largest absolute Gasteiger partial charge is 0.206 e. The first-order valence-electron chi connectivity index (χ1n) is 12.5. The summed E-state index contributed by atoms with van der Waals surface area (Å²) < 4.78 is 29.3. The Morgan fingerprint density at radius 1 is 0.879 bits per heavy atom. The Labute approximate surface area is 196 Å². The van der Waals surface area contributed by atoms with E-state index < -0.39 is 5.82 Å². The van der Waals surface area contributed by atoms with Crippen LogP contribution in [0.15, 0.2) is 48.5 Å². The van der Waals surface area contributed by atoms with Crippen molar-refractivity contribution in [3.63, 3.8) is 0 Å². The van der Waals surface area contributed by atoms with Crippen LogP contribution in [0.3, 0.4) is 0 Å². The lowest BCUT2D eigenvalue weighted by atomic mass is 9.76. The zero-order valence-electron chi connectivity index (χ0n) is 19.5. The molecule has 0 radical (unpaired) electrons. The highest BCUT2D eigenvalue weighted by Gasteiger charge is 2.22. The maximum Gasteiger partial charge on any atom is 0.141 e. The van der Waals surface area contributed by atoms with E-state index in [0.29, 0.717) is 22.4 Å². The summed E-state index contributed by atoms with van der Waals surface area (Å²) in [5.41, 5.74) is 2.08. The Morgan fingerprint density at radius 3 is 2.39 bits per heavy atom. The fourth-order valence-corrected chi connectivity index (χ4v) is 5.38. The number of halogens is 2. The van der Waals surface area contributed by atoms with Gasteiger partial charge in [0.1, 0.15) is 17.7 Å². The van der Waals surface area contributed by atoms with Crippen LogP contribution in [-0.2, 0) is 0 Å². The van der Waals surface area contributed by atoms with Crippen molar-refractivity contribution in [2.45, 2.75) is 77.0 Å². The fraction of sp³-hybridized carbons (Fsp3) is 0.433. The second-order valence-corrected chi connectivity index (χ2v) is 9.63. The highest BCUT2D eigenvalue weighted by atomic mass is 19.1. The van der Waals surface area contributed by atoms with Gasteiger partial charge in [-0.1, -0.05) is 81.8 Å². The van der Waals surface area contributed by atoms with Crippen molar-refractivity contribution < 1.29 is 8.78 Å². The van der Waals surface area contributed by atoms with Gasteiger partial charge >= 0.3 is 0 Å². The van der Waals surface area contributed by atoms with Gasteiger partial charge in [0, 0.05) is 10.9 Å². The van der Waals surface area contributed by atoms with Crippen LogP contribution in [-0.4, -0.2) is 0 Å². The highest BCUT2D eigenvalue weighted by Crippen LogP contribution is 2.39. The van der Waals surface area contributed by atoms with Crippen molar-refractivity contribution >= 4 is 10.8 Å². The molecule has 3 heteroatoms. The third-order valence-electron chi connectivity index (χ3n) is 7.41. The molecule has 0 bridgehead atoms. The van der Waals surface area contributed by atoms with Crippen LogP contribution in [0.5, 0.6) is 0 Å². The minimum atomic E-state index is -0.624. The Kier molecular flexibility index (Phi) is 7.76. The molecule has 0 aromatic heterocycles. The minimum Gasteiger partial charge on any atom is -0.206 e. The van der Waals surface area contributed by atoms with Gasteiger partial charge < -0.3 is 0 Å². The number of rotatable bonds is 8. The average molecular weight is 446 g/mol. The topological polar surface area (TPSA) is 23.8 Å². The molecule has 33 heavy (non-hydrogen) atoms. The lowest BCUT2D eigenvalue weighted by molar-refractivity contribution is 0.302. The Bertz CT molecular complexity index is 1140. The summed E-state index contributed by atoms with van der Waals surface area (Å²) in [5.74, 6) is 0.466. The van der Waals surface area contributed by atoms with Crippen molar-refractivity contribution in [3.05, 3.63) is 71.3 Å². The molecule has 0 amide bonds. The van der Waals surface area contributed by atoms with E-state index in [1.54, 1.807) is 18.2 Å². The van der Waals surface area contributed by atoms with Crippen LogP contribution < -0.4 is 0 Å². The molecular formula is C30H33F2N. The maximum absolute atomic E-state index is 15.3. The van der Waals surface area contributed by atoms with Crippen molar-refractivity contribution in [3.8, 4) is 17.2 Å². The van der Waals surface area contributed by atoms with E-state index in [1.165, 1.54) is 81.9 Å². The number of hydrogen-bond donors (Lipinski definition) is 0. The minimum absolute atomic E-state index is 0.0317. The monoisotopic (exact) mass is 445 g/mol. The van der Waals surface area contributed by atoms with Crippen molar-refractivity contribution in [2.24, 2.45) is 5.92 Å². The molecule has 0 heterocycles. The van der Waals surface area contributed by atoms with Crippen LogP contribution in [0.2, 0.25) is 0 Å². The van der Waals surface area contributed by atoms with Crippen molar-refractivity contribution in [1.29, 1.82) is 5.26 Å². The van der Waals surface area contributed by atoms with E-state index >= 15 is 4.39 Å². The molecule has 1 aliphatic rings. The molecule has 1 fully saturated rings. The molecule has 0 saturated heterocycles. The first-order chi connectivity index (χ1) is 16.1. The Hall–Kier alpha value is -2.73. The van der Waals surface area contributed by atoms with E-state index in [-0.39, 0.29) is 11.4 Å². The van der Waals surface area contributed by atoms with Crippen LogP contribution in [0.1, 0.15) is 88.2 Å². The second-order valence-electron chi connectivity index (χ2n) is 9.63. The summed E-state index contributed by atoms with van der Waals surface area (Å²) in [6.45, 7) is 2.26. The van der Waals surface area contributed by atoms with Crippen LogP contribution in [0.4, 0.5) is 8.78 Å². The molecule has 0 atom stereocenters. The summed E-state index contributed by atoms with van der Waals surface area (Å²) in [6, 6.07) is 15.8. The maximum atomic E-state index is 15.3. The molecule has 0 spiro atoms. The molecule has 172 valence electrons. The zero-order chi connectivity index (χ0) is 23.2. The fourth-order valence-electron chi connectivity index (χ4n) is 5.38. The van der Waals surface area contributed by atoms with E-state index in [4.69, 9.17) is 5.26 Å². The van der Waals surface area contributed by atoms with E-state index in [0.717, 1.165) is 11.3 Å². The predicted octanol–water partition coefficient (Wildman–Crippen LogP) is 9.29. The van der Waals surface area contributed by atoms with Gasteiger partial charge in [0.15, 0.2) is 0 Å². The molecule has 4 rings (SSSR count). The standard InChI is InChI=1S/C30H33F2N/c1-2-3-4-5-6-7-21-8-10-22(11-9-21)23-14-16-27-24(18-23)15-17-28(30(27)32)25-12-13-26(20-33)29(31)19-25/h12-19,21-22H,2-11H2,1H3. The average Bonchev–Trinajstić information content (AvgIpc) is 2.84. The van der Waals surface area contributed by atoms with Crippen molar-refractivity contribution in [2.75, 3.05) is 0 Å². The lowest BCUT2D eigenvalue weighted by Gasteiger charge is -2.29. The predicted molar refractivity (Wildman–Crippen MR) is 132 cm³/mol. The molecule has 1 nitrogen and oxygen atoms in total. The summed E-state index contributed by atoms with van der Waals surface area (Å²) in [7, 11) is 0. The first-order valence-corrected chi connectivity index (χ1v) is 12.5. The van der Waals surface area contributed by atoms with Gasteiger partial charge in [-0.25, -0.2) is 8.78 Å². The van der Waals surface area contributed by atoms with Crippen molar-refractivity contribution in [1.82, 2.24) is 0 Å². The smallest absolute Gasteiger partial charge is 0.141 e. The van der Waals surface area contributed by atoms with Gasteiger partial charge in [-0.3, -0.25) is 0 Å². The summed E-state index contributed by atoms with van der Waals surface area (Å²) in [5, 5.41) is 10.4. The van der Waals surface area contributed by atoms with E-state index in [1.807, 2.05) is 12.1 Å². The third-order valence-corrected chi connectivity index (χ3v) is 7.41. The first kappa shape index (κ1) is 23.4. The van der Waals surface area contributed by atoms with Gasteiger partial charge in [0.05, 0.1) is 5.56 Å². The van der Waals surface area contributed by atoms with Crippen LogP contribution in [0.25, 0.3) is 21.9 Å². The van der Waals surface area contributed by atoms with Gasteiger partial charge in [-0.15, -0.1) is 0 Å². The molecular weight excluding hydrogens is 412 g/mol. The quantitative estimate of drug-likeness (QED) is 0.317. The van der Waals surface area contributed by atoms with Crippen LogP contribution in [0, 0.1) is 28.9 Å². The molecule has 0 N–H and O–H groups in total. The number of benzene rings is 3. The SMILES string of the molecule is CCCCCCCC1CCC(c2ccc3c(F)c(-c4ccc(C#N)c(F)c4)ccc3c2)CC1. The van der Waals surface area contributed by atoms with Gasteiger partial charge in [-0.2, -0.15) is 5.26 Å². The van der Waals surface area contributed by atoms with Gasteiger partial charge in [0.25, 0.3) is 0 Å². The summed E-state index contributed by atoms with van der Waals surface area (Å²) >= 11 is 0. The number of fused-ring (bicyclic) bond motifs is 1. The molecule has 1 saturated carbocycles. The molecule has 0 aliphatic heterocycles. The van der Waals surface area contributed by atoms with Gasteiger partial charge in [-0.05, 0) is 66.2 Å². The summed E-state index contributed by atoms with van der Waals surface area (Å²) in [4.78, 5) is 0.